The molecule has 2 aromatic rings. The third-order valence-electron chi connectivity index (χ3n) is 2.00. The fourth-order valence-electron chi connectivity index (χ4n) is 1.08. The standard InChI is InChI=1S/2C6H7.C4F6.Mo/c2*1-6-4-2-3-5-6;5-3(6,7)1-2-4(8,9)10;/h2*2-5H,1H3;;/q2*-1;;. The van der Waals surface area contributed by atoms with Crippen LogP contribution in [-0.4, -0.2) is 12.4 Å². The molecule has 2 aromatic carbocycles. The zero-order valence-corrected chi connectivity index (χ0v) is 14.3. The summed E-state index contributed by atoms with van der Waals surface area (Å²) in [5.41, 5.74) is 2.69. The van der Waals surface area contributed by atoms with Gasteiger partial charge in [0.1, 0.15) is 0 Å². The van der Waals surface area contributed by atoms with Crippen molar-refractivity contribution in [2.45, 2.75) is 26.2 Å². The van der Waals surface area contributed by atoms with Crippen molar-refractivity contribution >= 4 is 0 Å². The van der Waals surface area contributed by atoms with Crippen LogP contribution in [0.1, 0.15) is 11.1 Å². The molecule has 0 aliphatic heterocycles. The van der Waals surface area contributed by atoms with E-state index in [1.165, 1.54) is 11.1 Å². The van der Waals surface area contributed by atoms with Crippen LogP contribution in [0.2, 0.25) is 0 Å². The molecule has 0 unspecified atom stereocenters. The smallest absolute Gasteiger partial charge is 0.213 e. The second-order valence-corrected chi connectivity index (χ2v) is 4.17. The first kappa shape index (κ1) is 23.8. The van der Waals surface area contributed by atoms with E-state index in [0.717, 1.165) is 0 Å². The molecule has 0 aliphatic rings. The van der Waals surface area contributed by atoms with Crippen LogP contribution in [0.25, 0.3) is 0 Å². The molecule has 0 radical (unpaired) electrons. The minimum atomic E-state index is -5.07. The van der Waals surface area contributed by atoms with Gasteiger partial charge in [-0.25, -0.2) is 24.3 Å². The van der Waals surface area contributed by atoms with E-state index >= 15 is 0 Å². The van der Waals surface area contributed by atoms with Crippen molar-refractivity contribution < 1.29 is 47.4 Å². The fourth-order valence-corrected chi connectivity index (χ4v) is 1.08. The van der Waals surface area contributed by atoms with Crippen LogP contribution in [0.15, 0.2) is 48.5 Å². The van der Waals surface area contributed by atoms with E-state index < -0.39 is 12.4 Å². The van der Waals surface area contributed by atoms with E-state index in [2.05, 4.69) is 38.1 Å². The molecule has 0 nitrogen and oxygen atoms in total. The molecule has 0 amide bonds. The predicted octanol–water partition coefficient (Wildman–Crippen LogP) is 5.54. The van der Waals surface area contributed by atoms with Gasteiger partial charge in [0.2, 0.25) is 0 Å². The van der Waals surface area contributed by atoms with E-state index in [4.69, 9.17) is 0 Å². The van der Waals surface area contributed by atoms with Crippen molar-refractivity contribution in [3.8, 4) is 11.8 Å². The molecule has 0 aliphatic carbocycles. The maximum Gasteiger partial charge on any atom is 0.457 e. The summed E-state index contributed by atoms with van der Waals surface area (Å²) in [5, 5.41) is 0. The van der Waals surface area contributed by atoms with Gasteiger partial charge in [0, 0.05) is 32.9 Å². The summed E-state index contributed by atoms with van der Waals surface area (Å²) in [5.74, 6) is 0.174. The Morgan fingerprint density at radius 3 is 0.913 bits per heavy atom. The van der Waals surface area contributed by atoms with E-state index in [1.54, 1.807) is 0 Å². The van der Waals surface area contributed by atoms with Gasteiger partial charge in [-0.1, -0.05) is 13.8 Å². The molecule has 0 bridgehead atoms. The zero-order chi connectivity index (χ0) is 17.2. The van der Waals surface area contributed by atoms with Gasteiger partial charge in [0.25, 0.3) is 0 Å². The molecule has 0 fully saturated rings. The quantitative estimate of drug-likeness (QED) is 0.229. The summed E-state index contributed by atoms with van der Waals surface area (Å²) in [6.07, 6.45) is -10.1. The molecule has 0 saturated carbocycles. The topological polar surface area (TPSA) is 0 Å². The van der Waals surface area contributed by atoms with Crippen LogP contribution in [0.5, 0.6) is 0 Å². The number of hydrogen-bond donors (Lipinski definition) is 0. The van der Waals surface area contributed by atoms with E-state index in [9.17, 15) is 26.3 Å². The van der Waals surface area contributed by atoms with Gasteiger partial charge >= 0.3 is 12.4 Å². The van der Waals surface area contributed by atoms with Crippen molar-refractivity contribution in [3.63, 3.8) is 0 Å². The summed E-state index contributed by atoms with van der Waals surface area (Å²) < 4.78 is 65.5. The Hall–Kier alpha value is -1.47. The minimum absolute atomic E-state index is 0. The molecule has 2 rings (SSSR count). The van der Waals surface area contributed by atoms with Gasteiger partial charge < -0.3 is 0 Å². The van der Waals surface area contributed by atoms with E-state index in [1.807, 2.05) is 24.3 Å². The second-order valence-electron chi connectivity index (χ2n) is 4.17. The van der Waals surface area contributed by atoms with E-state index in [0.29, 0.717) is 0 Å². The van der Waals surface area contributed by atoms with Gasteiger partial charge in [0.15, 0.2) is 0 Å². The third kappa shape index (κ3) is 18.5. The Labute approximate surface area is 145 Å². The first-order valence-electron chi connectivity index (χ1n) is 6.04. The van der Waals surface area contributed by atoms with Crippen molar-refractivity contribution in [1.82, 2.24) is 0 Å². The fraction of sp³-hybridized carbons (Fsp3) is 0.250. The minimum Gasteiger partial charge on any atom is -0.213 e. The third-order valence-corrected chi connectivity index (χ3v) is 2.00. The maximum absolute atomic E-state index is 10.9. The average Bonchev–Trinajstić information content (AvgIpc) is 3.00. The number of halogens is 6. The van der Waals surface area contributed by atoms with Crippen LogP contribution in [-0.2, 0) is 21.1 Å². The van der Waals surface area contributed by atoms with Gasteiger partial charge in [-0.2, -0.15) is 61.7 Å². The second kappa shape index (κ2) is 11.1. The summed E-state index contributed by atoms with van der Waals surface area (Å²) in [4.78, 5) is 0. The average molecular weight is 416 g/mol. The Kier molecular flexibility index (Phi) is 11.5. The summed E-state index contributed by atoms with van der Waals surface area (Å²) in [6, 6.07) is 16.5. The number of aryl methyl sites for hydroxylation is 2. The van der Waals surface area contributed by atoms with Crippen LogP contribution < -0.4 is 0 Å². The van der Waals surface area contributed by atoms with E-state index in [-0.39, 0.29) is 32.9 Å². The number of hydrogen-bond acceptors (Lipinski definition) is 0. The van der Waals surface area contributed by atoms with Gasteiger partial charge in [-0.15, -0.1) is 0 Å². The maximum atomic E-state index is 10.9. The Morgan fingerprint density at radius 2 is 0.826 bits per heavy atom. The summed E-state index contributed by atoms with van der Waals surface area (Å²) >= 11 is 0. The first-order valence-corrected chi connectivity index (χ1v) is 6.04. The molecule has 7 heteroatoms. The Morgan fingerprint density at radius 1 is 0.609 bits per heavy atom. The van der Waals surface area contributed by atoms with Gasteiger partial charge in [0.05, 0.1) is 0 Å². The summed E-state index contributed by atoms with van der Waals surface area (Å²) in [6.45, 7) is 4.17. The molecule has 128 valence electrons. The van der Waals surface area contributed by atoms with Crippen LogP contribution >= 0.6 is 0 Å². The monoisotopic (exact) mass is 418 g/mol. The van der Waals surface area contributed by atoms with Crippen molar-refractivity contribution in [1.29, 1.82) is 0 Å². The molecule has 0 atom stereocenters. The van der Waals surface area contributed by atoms with Crippen LogP contribution in [0.3, 0.4) is 0 Å². The van der Waals surface area contributed by atoms with Crippen LogP contribution in [0.4, 0.5) is 26.3 Å². The van der Waals surface area contributed by atoms with Crippen molar-refractivity contribution in [2.75, 3.05) is 0 Å². The van der Waals surface area contributed by atoms with Gasteiger partial charge in [-0.05, 0) is 0 Å². The molecular formula is C16H14F6Mo-2. The van der Waals surface area contributed by atoms with Crippen molar-refractivity contribution in [2.24, 2.45) is 0 Å². The molecule has 0 heterocycles. The van der Waals surface area contributed by atoms with Crippen LogP contribution in [0, 0.1) is 25.7 Å². The largest absolute Gasteiger partial charge is 0.457 e. The molecule has 0 saturated heterocycles. The molecule has 0 aromatic heterocycles. The SMILES string of the molecule is C[c-]1cccc1.C[c-]1cccc1.FC(F)(F)C#CC(F)(F)F.[Mo]. The van der Waals surface area contributed by atoms with Gasteiger partial charge in [-0.3, -0.25) is 0 Å². The predicted molar refractivity (Wildman–Crippen MR) is 73.4 cm³/mol. The van der Waals surface area contributed by atoms with Crippen molar-refractivity contribution in [3.05, 3.63) is 59.7 Å². The number of alkyl halides is 6. The normalized spacial score (nSPS) is 9.91. The summed E-state index contributed by atoms with van der Waals surface area (Å²) in [7, 11) is 0. The molecular weight excluding hydrogens is 402 g/mol. The molecule has 0 N–H and O–H groups in total. The first-order chi connectivity index (χ1) is 9.99. The molecule has 23 heavy (non-hydrogen) atoms. The Balaban J connectivity index is 0. The Bertz CT molecular complexity index is 500. The molecule has 0 spiro atoms. The zero-order valence-electron chi connectivity index (χ0n) is 12.3. The number of rotatable bonds is 0.